The predicted octanol–water partition coefficient (Wildman–Crippen LogP) is 3.77. The highest BCUT2D eigenvalue weighted by Crippen LogP contribution is 2.35. The van der Waals surface area contributed by atoms with Crippen molar-refractivity contribution in [3.8, 4) is 5.69 Å². The highest BCUT2D eigenvalue weighted by atomic mass is 32.1. The number of hydrogen-bond acceptors (Lipinski definition) is 4. The molecule has 0 bridgehead atoms. The van der Waals surface area contributed by atoms with E-state index in [-0.39, 0.29) is 24.1 Å². The molecule has 0 aliphatic heterocycles. The van der Waals surface area contributed by atoms with E-state index in [1.54, 1.807) is 0 Å². The first-order valence-corrected chi connectivity index (χ1v) is 12.4. The standard InChI is InChI=1S/C25H29N3O3S/c1-15-11-12-18(13-16(15)2)28-23(30)22-19-9-6-10-20(19)32-24(22)27(25(28)31)14-21(29)26-17-7-4-3-5-8-17/h11-13,17H,3-10,14H2,1-2H3,(H,26,29). The van der Waals surface area contributed by atoms with Crippen molar-refractivity contribution in [2.75, 3.05) is 0 Å². The average Bonchev–Trinajstić information content (AvgIpc) is 3.36. The molecule has 1 fully saturated rings. The van der Waals surface area contributed by atoms with Crippen molar-refractivity contribution < 1.29 is 4.79 Å². The number of nitrogens with one attached hydrogen (secondary N) is 1. The second-order valence-electron chi connectivity index (χ2n) is 9.22. The Morgan fingerprint density at radius 1 is 1.06 bits per heavy atom. The van der Waals surface area contributed by atoms with Crippen LogP contribution in [0.5, 0.6) is 0 Å². The monoisotopic (exact) mass is 451 g/mol. The van der Waals surface area contributed by atoms with Crippen LogP contribution in [0.15, 0.2) is 27.8 Å². The molecule has 1 aromatic carbocycles. The minimum absolute atomic E-state index is 0.0592. The van der Waals surface area contributed by atoms with Crippen molar-refractivity contribution >= 4 is 27.5 Å². The van der Waals surface area contributed by atoms with Gasteiger partial charge in [0, 0.05) is 10.9 Å². The maximum absolute atomic E-state index is 13.6. The second-order valence-corrected chi connectivity index (χ2v) is 10.3. The summed E-state index contributed by atoms with van der Waals surface area (Å²) in [6, 6.07) is 5.80. The molecule has 1 saturated carbocycles. The quantitative estimate of drug-likeness (QED) is 0.656. The second kappa shape index (κ2) is 8.35. The Morgan fingerprint density at radius 2 is 1.84 bits per heavy atom. The first-order chi connectivity index (χ1) is 15.4. The van der Waals surface area contributed by atoms with E-state index in [2.05, 4.69) is 5.32 Å². The first kappa shape index (κ1) is 21.2. The molecule has 2 aromatic heterocycles. The molecule has 2 aliphatic carbocycles. The molecule has 0 spiro atoms. The van der Waals surface area contributed by atoms with E-state index in [4.69, 9.17) is 0 Å². The number of aromatic nitrogens is 2. The van der Waals surface area contributed by atoms with Gasteiger partial charge in [-0.15, -0.1) is 11.3 Å². The fourth-order valence-electron chi connectivity index (χ4n) is 5.10. The summed E-state index contributed by atoms with van der Waals surface area (Å²) in [5, 5.41) is 3.73. The van der Waals surface area contributed by atoms with Gasteiger partial charge in [0.25, 0.3) is 5.56 Å². The van der Waals surface area contributed by atoms with Crippen LogP contribution in [0.2, 0.25) is 0 Å². The van der Waals surface area contributed by atoms with Crippen LogP contribution in [0, 0.1) is 13.8 Å². The molecular formula is C25H29N3O3S. The van der Waals surface area contributed by atoms with Crippen molar-refractivity contribution in [3.63, 3.8) is 0 Å². The Morgan fingerprint density at radius 3 is 2.59 bits per heavy atom. The van der Waals surface area contributed by atoms with E-state index in [0.717, 1.165) is 61.6 Å². The molecule has 5 rings (SSSR count). The zero-order valence-electron chi connectivity index (χ0n) is 18.7. The Labute approximate surface area is 190 Å². The molecule has 0 saturated heterocycles. The lowest BCUT2D eigenvalue weighted by Gasteiger charge is -2.23. The molecule has 2 heterocycles. The van der Waals surface area contributed by atoms with E-state index in [9.17, 15) is 14.4 Å². The summed E-state index contributed by atoms with van der Waals surface area (Å²) in [5.74, 6) is -0.154. The number of thiophene rings is 1. The molecule has 1 N–H and O–H groups in total. The topological polar surface area (TPSA) is 73.1 Å². The minimum atomic E-state index is -0.440. The third-order valence-electron chi connectivity index (χ3n) is 7.01. The summed E-state index contributed by atoms with van der Waals surface area (Å²) in [5.41, 5.74) is 3.04. The molecule has 0 atom stereocenters. The van der Waals surface area contributed by atoms with E-state index < -0.39 is 5.69 Å². The number of rotatable bonds is 4. The number of carbonyl (C=O) groups excluding carboxylic acids is 1. The molecule has 32 heavy (non-hydrogen) atoms. The Hall–Kier alpha value is -2.67. The number of hydrogen-bond donors (Lipinski definition) is 1. The van der Waals surface area contributed by atoms with Crippen molar-refractivity contribution in [1.29, 1.82) is 0 Å². The molecule has 2 aliphatic rings. The molecule has 0 radical (unpaired) electrons. The molecule has 6 nitrogen and oxygen atoms in total. The number of carbonyl (C=O) groups is 1. The third kappa shape index (κ3) is 3.62. The maximum atomic E-state index is 13.6. The first-order valence-electron chi connectivity index (χ1n) is 11.6. The van der Waals surface area contributed by atoms with Gasteiger partial charge in [-0.1, -0.05) is 25.3 Å². The van der Waals surface area contributed by atoms with Crippen LogP contribution >= 0.6 is 11.3 Å². The Kier molecular flexibility index (Phi) is 5.53. The van der Waals surface area contributed by atoms with Crippen molar-refractivity contribution in [2.45, 2.75) is 77.8 Å². The number of aryl methyl sites for hydroxylation is 4. The van der Waals surface area contributed by atoms with Gasteiger partial charge in [-0.2, -0.15) is 0 Å². The lowest BCUT2D eigenvalue weighted by atomic mass is 9.95. The number of benzene rings is 1. The van der Waals surface area contributed by atoms with Crippen molar-refractivity contribution in [2.24, 2.45) is 0 Å². The summed E-state index contributed by atoms with van der Waals surface area (Å²) in [6.45, 7) is 3.92. The van der Waals surface area contributed by atoms with Gasteiger partial charge in [-0.3, -0.25) is 14.2 Å². The lowest BCUT2D eigenvalue weighted by Crippen LogP contribution is -2.43. The summed E-state index contributed by atoms with van der Waals surface area (Å²) in [4.78, 5) is 41.9. The Balaban J connectivity index is 1.64. The number of nitrogens with zero attached hydrogens (tertiary/aromatic N) is 2. The molecule has 168 valence electrons. The summed E-state index contributed by atoms with van der Waals surface area (Å²) < 4.78 is 2.78. The number of amides is 1. The van der Waals surface area contributed by atoms with Crippen LogP contribution in [-0.2, 0) is 24.2 Å². The fraction of sp³-hybridized carbons (Fsp3) is 0.480. The zero-order valence-corrected chi connectivity index (χ0v) is 19.5. The van der Waals surface area contributed by atoms with E-state index in [1.165, 1.54) is 31.8 Å². The molecule has 0 unspecified atom stereocenters. The molecule has 3 aromatic rings. The van der Waals surface area contributed by atoms with E-state index >= 15 is 0 Å². The van der Waals surface area contributed by atoms with E-state index in [1.807, 2.05) is 32.0 Å². The van der Waals surface area contributed by atoms with Crippen LogP contribution in [-0.4, -0.2) is 21.1 Å². The third-order valence-corrected chi connectivity index (χ3v) is 8.32. The van der Waals surface area contributed by atoms with Gasteiger partial charge >= 0.3 is 5.69 Å². The van der Waals surface area contributed by atoms with Crippen LogP contribution in [0.3, 0.4) is 0 Å². The Bertz CT molecular complexity index is 1320. The maximum Gasteiger partial charge on any atom is 0.337 e. The van der Waals surface area contributed by atoms with Gasteiger partial charge in [0.2, 0.25) is 5.91 Å². The van der Waals surface area contributed by atoms with Gasteiger partial charge in [-0.05, 0) is 74.8 Å². The smallest absolute Gasteiger partial charge is 0.337 e. The summed E-state index contributed by atoms with van der Waals surface area (Å²) in [6.07, 6.45) is 8.27. The van der Waals surface area contributed by atoms with Crippen molar-refractivity contribution in [1.82, 2.24) is 14.5 Å². The largest absolute Gasteiger partial charge is 0.352 e. The van der Waals surface area contributed by atoms with Crippen LogP contribution in [0.25, 0.3) is 15.9 Å². The normalized spacial score (nSPS) is 16.4. The molecular weight excluding hydrogens is 422 g/mol. The average molecular weight is 452 g/mol. The van der Waals surface area contributed by atoms with Crippen LogP contribution in [0.1, 0.15) is 60.1 Å². The molecule has 7 heteroatoms. The SMILES string of the molecule is Cc1ccc(-n2c(=O)c3c4c(sc3n(CC(=O)NC3CCCCC3)c2=O)CCC4)cc1C. The summed E-state index contributed by atoms with van der Waals surface area (Å²) in [7, 11) is 0. The zero-order chi connectivity index (χ0) is 22.4. The van der Waals surface area contributed by atoms with Crippen LogP contribution in [0.4, 0.5) is 0 Å². The minimum Gasteiger partial charge on any atom is -0.352 e. The van der Waals surface area contributed by atoms with Gasteiger partial charge in [0.15, 0.2) is 0 Å². The van der Waals surface area contributed by atoms with Crippen LogP contribution < -0.4 is 16.6 Å². The van der Waals surface area contributed by atoms with Gasteiger partial charge in [-0.25, -0.2) is 9.36 Å². The fourth-order valence-corrected chi connectivity index (χ4v) is 6.47. The van der Waals surface area contributed by atoms with Gasteiger partial charge in [0.05, 0.1) is 11.1 Å². The van der Waals surface area contributed by atoms with Crippen molar-refractivity contribution in [3.05, 3.63) is 60.6 Å². The van der Waals surface area contributed by atoms with Gasteiger partial charge < -0.3 is 5.32 Å². The highest BCUT2D eigenvalue weighted by Gasteiger charge is 2.26. The van der Waals surface area contributed by atoms with E-state index in [0.29, 0.717) is 15.9 Å². The summed E-state index contributed by atoms with van der Waals surface area (Å²) >= 11 is 1.51. The molecule has 1 amide bonds. The number of fused-ring (bicyclic) bond motifs is 3. The lowest BCUT2D eigenvalue weighted by molar-refractivity contribution is -0.122. The highest BCUT2D eigenvalue weighted by molar-refractivity contribution is 7.19. The predicted molar refractivity (Wildman–Crippen MR) is 128 cm³/mol. The van der Waals surface area contributed by atoms with Gasteiger partial charge in [0.1, 0.15) is 11.4 Å².